The van der Waals surface area contributed by atoms with E-state index in [1.807, 2.05) is 0 Å². The Morgan fingerprint density at radius 3 is 2.52 bits per heavy atom. The third-order valence-corrected chi connectivity index (χ3v) is 11.4. The Morgan fingerprint density at radius 2 is 1.85 bits per heavy atom. The first-order valence-corrected chi connectivity index (χ1v) is 14.0. The molecule has 4 aliphatic carbocycles. The zero-order valence-corrected chi connectivity index (χ0v) is 22.4. The van der Waals surface area contributed by atoms with Gasteiger partial charge in [0, 0.05) is 12.3 Å². The van der Waals surface area contributed by atoms with Crippen molar-refractivity contribution < 1.29 is 14.6 Å². The molecule has 4 aliphatic rings. The topological polar surface area (TPSA) is 46.5 Å². The highest BCUT2D eigenvalue weighted by molar-refractivity contribution is 5.66. The molecule has 0 amide bonds. The van der Waals surface area contributed by atoms with Gasteiger partial charge in [-0.15, -0.1) is 0 Å². The smallest absolute Gasteiger partial charge is 0.302 e. The molecule has 0 saturated heterocycles. The molecule has 0 radical (unpaired) electrons. The lowest BCUT2D eigenvalue weighted by Gasteiger charge is -2.60. The first kappa shape index (κ1) is 25.3. The van der Waals surface area contributed by atoms with Gasteiger partial charge in [-0.1, -0.05) is 66.0 Å². The molecule has 0 spiro atoms. The monoisotopic (exact) mass is 458 g/mol. The summed E-state index contributed by atoms with van der Waals surface area (Å²) >= 11 is 0. The summed E-state index contributed by atoms with van der Waals surface area (Å²) in [6.45, 7) is 16.1. The molecule has 0 aromatic carbocycles. The Labute approximate surface area is 203 Å². The highest BCUT2D eigenvalue weighted by Gasteiger charge is 2.63. The molecule has 0 bridgehead atoms. The van der Waals surface area contributed by atoms with Gasteiger partial charge in [0.1, 0.15) is 6.10 Å². The van der Waals surface area contributed by atoms with Crippen LogP contribution in [-0.2, 0) is 9.53 Å². The second-order valence-corrected chi connectivity index (χ2v) is 13.3. The van der Waals surface area contributed by atoms with E-state index in [0.717, 1.165) is 43.9 Å². The van der Waals surface area contributed by atoms with Crippen LogP contribution in [0.1, 0.15) is 106 Å². The number of fused-ring (bicyclic) bond motifs is 5. The van der Waals surface area contributed by atoms with Crippen molar-refractivity contribution in [1.82, 2.24) is 0 Å². The zero-order chi connectivity index (χ0) is 24.1. The third-order valence-electron chi connectivity index (χ3n) is 11.4. The van der Waals surface area contributed by atoms with Crippen molar-refractivity contribution in [3.8, 4) is 0 Å². The second-order valence-electron chi connectivity index (χ2n) is 13.3. The maximum Gasteiger partial charge on any atom is 0.302 e. The predicted octanol–water partition coefficient (Wildman–Crippen LogP) is 7.18. The average molecular weight is 459 g/mol. The molecule has 0 aliphatic heterocycles. The lowest BCUT2D eigenvalue weighted by Crippen LogP contribution is -2.57. The Bertz CT molecular complexity index is 756. The average Bonchev–Trinajstić information content (AvgIpc) is 3.11. The first-order valence-electron chi connectivity index (χ1n) is 14.0. The number of hydrogen-bond donors (Lipinski definition) is 1. The van der Waals surface area contributed by atoms with Crippen LogP contribution in [0.15, 0.2) is 11.6 Å². The van der Waals surface area contributed by atoms with Crippen LogP contribution >= 0.6 is 0 Å². The molecular weight excluding hydrogens is 408 g/mol. The Morgan fingerprint density at radius 1 is 1.12 bits per heavy atom. The summed E-state index contributed by atoms with van der Waals surface area (Å²) in [5.41, 5.74) is 1.74. The number of hydrogen-bond acceptors (Lipinski definition) is 3. The molecule has 1 N–H and O–H groups in total. The molecule has 33 heavy (non-hydrogen) atoms. The lowest BCUT2D eigenvalue weighted by molar-refractivity contribution is -0.180. The fraction of sp³-hybridized carbons (Fsp3) is 0.900. The molecule has 10 atom stereocenters. The molecule has 0 aromatic heterocycles. The van der Waals surface area contributed by atoms with Crippen molar-refractivity contribution in [3.05, 3.63) is 11.6 Å². The minimum atomic E-state index is -0.177. The van der Waals surface area contributed by atoms with Gasteiger partial charge in [0.15, 0.2) is 0 Å². The number of rotatable bonds is 6. The van der Waals surface area contributed by atoms with Gasteiger partial charge in [0.05, 0.1) is 6.10 Å². The van der Waals surface area contributed by atoms with Crippen LogP contribution < -0.4 is 0 Å². The molecule has 188 valence electrons. The lowest BCUT2D eigenvalue weighted by atomic mass is 9.46. The molecule has 3 heteroatoms. The summed E-state index contributed by atoms with van der Waals surface area (Å²) in [6, 6.07) is 0. The summed E-state index contributed by atoms with van der Waals surface area (Å²) in [5, 5.41) is 10.3. The number of aliphatic hydroxyl groups excluding tert-OH is 1. The van der Waals surface area contributed by atoms with E-state index in [4.69, 9.17) is 4.74 Å². The van der Waals surface area contributed by atoms with Crippen molar-refractivity contribution in [3.63, 3.8) is 0 Å². The second kappa shape index (κ2) is 9.32. The molecule has 0 unspecified atom stereocenters. The largest absolute Gasteiger partial charge is 0.462 e. The van der Waals surface area contributed by atoms with Crippen LogP contribution in [0.2, 0.25) is 0 Å². The minimum Gasteiger partial charge on any atom is -0.462 e. The fourth-order valence-electron chi connectivity index (χ4n) is 8.98. The summed E-state index contributed by atoms with van der Waals surface area (Å²) in [6.07, 6.45) is 12.5. The Kier molecular flexibility index (Phi) is 7.14. The van der Waals surface area contributed by atoms with Crippen LogP contribution in [0, 0.1) is 52.3 Å². The van der Waals surface area contributed by atoms with Crippen LogP contribution in [0.5, 0.6) is 0 Å². The highest BCUT2D eigenvalue weighted by Crippen LogP contribution is 2.68. The quantitative estimate of drug-likeness (QED) is 0.339. The molecule has 0 aromatic rings. The van der Waals surface area contributed by atoms with Crippen LogP contribution in [0.3, 0.4) is 0 Å². The molecule has 4 rings (SSSR count). The van der Waals surface area contributed by atoms with Gasteiger partial charge in [0.2, 0.25) is 0 Å². The normalized spacial score (nSPS) is 44.3. The fourth-order valence-corrected chi connectivity index (χ4v) is 8.98. The molecule has 3 fully saturated rings. The van der Waals surface area contributed by atoms with E-state index >= 15 is 0 Å². The predicted molar refractivity (Wildman–Crippen MR) is 135 cm³/mol. The third kappa shape index (κ3) is 4.34. The first-order chi connectivity index (χ1) is 15.5. The van der Waals surface area contributed by atoms with Crippen LogP contribution in [0.4, 0.5) is 0 Å². The number of ether oxygens (including phenoxy) is 1. The van der Waals surface area contributed by atoms with Crippen LogP contribution in [-0.4, -0.2) is 23.3 Å². The van der Waals surface area contributed by atoms with Gasteiger partial charge in [-0.3, -0.25) is 4.79 Å². The van der Waals surface area contributed by atoms with Crippen molar-refractivity contribution in [2.45, 2.75) is 118 Å². The number of carbonyl (C=O) groups excluding carboxylic acids is 1. The van der Waals surface area contributed by atoms with E-state index in [2.05, 4.69) is 47.6 Å². The van der Waals surface area contributed by atoms with Crippen LogP contribution in [0.25, 0.3) is 0 Å². The SMILES string of the molecule is CC(=O)O[C@H]1C[C@H]2[C@@H](CC=C3C[C@@H](O)CC[C@@]32C)[C@@H]2CC[C@H]([C@H](C)CC[C@H](C)C(C)C)[C@@]12C. The van der Waals surface area contributed by atoms with Gasteiger partial charge < -0.3 is 9.84 Å². The molecular formula is C30H50O3. The van der Waals surface area contributed by atoms with Gasteiger partial charge in [-0.2, -0.15) is 0 Å². The van der Waals surface area contributed by atoms with E-state index in [9.17, 15) is 9.90 Å². The van der Waals surface area contributed by atoms with Gasteiger partial charge in [-0.05, 0) is 91.8 Å². The van der Waals surface area contributed by atoms with Crippen molar-refractivity contribution in [1.29, 1.82) is 0 Å². The van der Waals surface area contributed by atoms with Crippen molar-refractivity contribution >= 4 is 5.97 Å². The highest BCUT2D eigenvalue weighted by atomic mass is 16.5. The number of esters is 1. The molecule has 3 saturated carbocycles. The van der Waals surface area contributed by atoms with Gasteiger partial charge in [-0.25, -0.2) is 0 Å². The van der Waals surface area contributed by atoms with E-state index in [-0.39, 0.29) is 29.0 Å². The molecule has 0 heterocycles. The van der Waals surface area contributed by atoms with Gasteiger partial charge >= 0.3 is 5.97 Å². The van der Waals surface area contributed by atoms with E-state index in [1.165, 1.54) is 31.3 Å². The van der Waals surface area contributed by atoms with Crippen molar-refractivity contribution in [2.75, 3.05) is 0 Å². The van der Waals surface area contributed by atoms with Crippen molar-refractivity contribution in [2.24, 2.45) is 52.3 Å². The van der Waals surface area contributed by atoms with E-state index in [1.54, 1.807) is 6.92 Å². The minimum absolute atomic E-state index is 0.0294. The summed E-state index contributed by atoms with van der Waals surface area (Å²) in [7, 11) is 0. The molecule has 3 nitrogen and oxygen atoms in total. The summed E-state index contributed by atoms with van der Waals surface area (Å²) in [4.78, 5) is 12.3. The summed E-state index contributed by atoms with van der Waals surface area (Å²) in [5.74, 6) is 4.61. The Balaban J connectivity index is 1.62. The number of allylic oxidation sites excluding steroid dienone is 1. The maximum atomic E-state index is 12.3. The van der Waals surface area contributed by atoms with E-state index < -0.39 is 0 Å². The zero-order valence-electron chi connectivity index (χ0n) is 22.4. The van der Waals surface area contributed by atoms with E-state index in [0.29, 0.717) is 29.6 Å². The summed E-state index contributed by atoms with van der Waals surface area (Å²) < 4.78 is 6.24. The standard InChI is InChI=1S/C30H50O3/c1-18(2)19(3)8-9-20(4)25-12-13-26-24-11-10-22-16-23(32)14-15-29(22,6)27(24)17-28(30(25,26)7)33-21(5)31/h10,18-20,23-28,32H,8-9,11-17H2,1-7H3/t19-,20+,23-,24-,25+,26-,27-,28-,29-,30+/m0/s1. The Hall–Kier alpha value is -0.830. The maximum absolute atomic E-state index is 12.3. The number of aliphatic hydroxyl groups is 1. The van der Waals surface area contributed by atoms with Gasteiger partial charge in [0.25, 0.3) is 0 Å². The number of carbonyl (C=O) groups is 1.